The first-order valence-corrected chi connectivity index (χ1v) is 9.96. The van der Waals surface area contributed by atoms with E-state index in [-0.39, 0.29) is 24.5 Å². The molecule has 27 heavy (non-hydrogen) atoms. The van der Waals surface area contributed by atoms with E-state index in [1.54, 1.807) is 12.0 Å². The summed E-state index contributed by atoms with van der Waals surface area (Å²) in [5, 5.41) is 0. The molecule has 0 bridgehead atoms. The van der Waals surface area contributed by atoms with Gasteiger partial charge in [0, 0.05) is 32.7 Å². The van der Waals surface area contributed by atoms with Gasteiger partial charge >= 0.3 is 0 Å². The van der Waals surface area contributed by atoms with Gasteiger partial charge in [0.05, 0.1) is 19.8 Å². The Morgan fingerprint density at radius 1 is 1.26 bits per heavy atom. The minimum atomic E-state index is 0.0225. The molecular weight excluding hydrogens is 344 g/mol. The summed E-state index contributed by atoms with van der Waals surface area (Å²) in [6.07, 6.45) is 5.41. The van der Waals surface area contributed by atoms with Gasteiger partial charge in [0.2, 0.25) is 11.8 Å². The van der Waals surface area contributed by atoms with Crippen LogP contribution in [-0.4, -0.2) is 67.6 Å². The quantitative estimate of drug-likeness (QED) is 0.700. The van der Waals surface area contributed by atoms with E-state index in [1.165, 1.54) is 0 Å². The highest BCUT2D eigenvalue weighted by Gasteiger charge is 2.26. The zero-order valence-corrected chi connectivity index (χ0v) is 16.2. The number of carbonyl (C=O) groups excluding carboxylic acids is 2. The molecule has 2 saturated heterocycles. The fraction of sp³-hybridized carbons (Fsp3) is 0.619. The Morgan fingerprint density at radius 3 is 2.74 bits per heavy atom. The number of methoxy groups -OCH3 is 1. The van der Waals surface area contributed by atoms with Crippen molar-refractivity contribution in [3.8, 4) is 5.75 Å². The SMILES string of the molecule is COc1ccc(CCN(C[C@H]2CCCO2)C(=O)CN2CCCCC2=O)cc1. The fourth-order valence-corrected chi connectivity index (χ4v) is 3.70. The van der Waals surface area contributed by atoms with Gasteiger partial charge in [-0.2, -0.15) is 0 Å². The van der Waals surface area contributed by atoms with E-state index in [2.05, 4.69) is 0 Å². The summed E-state index contributed by atoms with van der Waals surface area (Å²) in [5.41, 5.74) is 1.16. The molecule has 0 radical (unpaired) electrons. The number of hydrogen-bond donors (Lipinski definition) is 0. The molecule has 1 aromatic carbocycles. The van der Waals surface area contributed by atoms with E-state index in [0.717, 1.165) is 50.0 Å². The van der Waals surface area contributed by atoms with Gasteiger partial charge in [-0.05, 0) is 49.8 Å². The molecule has 6 heteroatoms. The van der Waals surface area contributed by atoms with Crippen LogP contribution >= 0.6 is 0 Å². The normalized spacial score (nSPS) is 20.0. The monoisotopic (exact) mass is 374 g/mol. The van der Waals surface area contributed by atoms with Crippen LogP contribution in [0.5, 0.6) is 5.75 Å². The van der Waals surface area contributed by atoms with Crippen LogP contribution in [0.15, 0.2) is 24.3 Å². The highest BCUT2D eigenvalue weighted by molar-refractivity contribution is 5.85. The van der Waals surface area contributed by atoms with Crippen molar-refractivity contribution in [2.75, 3.05) is 39.9 Å². The van der Waals surface area contributed by atoms with Gasteiger partial charge in [0.1, 0.15) is 5.75 Å². The average Bonchev–Trinajstić information content (AvgIpc) is 3.20. The maximum Gasteiger partial charge on any atom is 0.242 e. The third-order valence-corrected chi connectivity index (χ3v) is 5.38. The Bertz CT molecular complexity index is 626. The van der Waals surface area contributed by atoms with E-state index in [0.29, 0.717) is 26.1 Å². The molecule has 0 N–H and O–H groups in total. The van der Waals surface area contributed by atoms with Crippen molar-refractivity contribution in [3.63, 3.8) is 0 Å². The molecule has 2 fully saturated rings. The first-order valence-electron chi connectivity index (χ1n) is 9.96. The molecule has 2 heterocycles. The van der Waals surface area contributed by atoms with E-state index < -0.39 is 0 Å². The third-order valence-electron chi connectivity index (χ3n) is 5.38. The second kappa shape index (κ2) is 9.74. The zero-order valence-electron chi connectivity index (χ0n) is 16.2. The molecule has 0 saturated carbocycles. The maximum absolute atomic E-state index is 12.9. The average molecular weight is 374 g/mol. The van der Waals surface area contributed by atoms with Gasteiger partial charge in [0.25, 0.3) is 0 Å². The fourth-order valence-electron chi connectivity index (χ4n) is 3.70. The maximum atomic E-state index is 12.9. The first-order chi connectivity index (χ1) is 13.2. The van der Waals surface area contributed by atoms with Gasteiger partial charge in [-0.1, -0.05) is 12.1 Å². The molecule has 0 spiro atoms. The van der Waals surface area contributed by atoms with Crippen LogP contribution in [0.4, 0.5) is 0 Å². The van der Waals surface area contributed by atoms with Crippen LogP contribution in [0, 0.1) is 0 Å². The van der Waals surface area contributed by atoms with Crippen LogP contribution in [-0.2, 0) is 20.7 Å². The van der Waals surface area contributed by atoms with Crippen molar-refractivity contribution in [2.45, 2.75) is 44.6 Å². The standard InChI is InChI=1S/C21H30N2O4/c1-26-18-9-7-17(8-10-18)11-13-23(15-19-5-4-14-27-19)21(25)16-22-12-3-2-6-20(22)24/h7-10,19H,2-6,11-16H2,1H3/t19-/m1/s1. The predicted molar refractivity (Wildman–Crippen MR) is 103 cm³/mol. The largest absolute Gasteiger partial charge is 0.497 e. The van der Waals surface area contributed by atoms with Gasteiger partial charge in [0.15, 0.2) is 0 Å². The highest BCUT2D eigenvalue weighted by Crippen LogP contribution is 2.16. The molecule has 6 nitrogen and oxygen atoms in total. The predicted octanol–water partition coefficient (Wildman–Crippen LogP) is 2.26. The van der Waals surface area contributed by atoms with Gasteiger partial charge in [-0.3, -0.25) is 9.59 Å². The lowest BCUT2D eigenvalue weighted by Crippen LogP contribution is -2.47. The second-order valence-corrected chi connectivity index (χ2v) is 7.35. The summed E-state index contributed by atoms with van der Waals surface area (Å²) < 4.78 is 10.9. The summed E-state index contributed by atoms with van der Waals surface area (Å²) in [5.74, 6) is 0.950. The highest BCUT2D eigenvalue weighted by atomic mass is 16.5. The van der Waals surface area contributed by atoms with Gasteiger partial charge in [-0.15, -0.1) is 0 Å². The van der Waals surface area contributed by atoms with Crippen molar-refractivity contribution in [1.29, 1.82) is 0 Å². The van der Waals surface area contributed by atoms with E-state index in [1.807, 2.05) is 29.2 Å². The Morgan fingerprint density at radius 2 is 2.07 bits per heavy atom. The topological polar surface area (TPSA) is 59.1 Å². The summed E-state index contributed by atoms with van der Waals surface area (Å²) in [7, 11) is 1.65. The molecule has 3 rings (SSSR count). The Kier molecular flexibility index (Phi) is 7.10. The molecule has 1 aromatic rings. The van der Waals surface area contributed by atoms with Gasteiger partial charge in [-0.25, -0.2) is 0 Å². The van der Waals surface area contributed by atoms with Crippen LogP contribution in [0.25, 0.3) is 0 Å². The number of amides is 2. The second-order valence-electron chi connectivity index (χ2n) is 7.35. The van der Waals surface area contributed by atoms with E-state index >= 15 is 0 Å². The Labute approximate surface area is 161 Å². The molecule has 2 aliphatic heterocycles. The number of piperidine rings is 1. The number of nitrogens with zero attached hydrogens (tertiary/aromatic N) is 2. The third kappa shape index (κ3) is 5.70. The number of benzene rings is 1. The van der Waals surface area contributed by atoms with Crippen molar-refractivity contribution in [3.05, 3.63) is 29.8 Å². The summed E-state index contributed by atoms with van der Waals surface area (Å²) >= 11 is 0. The summed E-state index contributed by atoms with van der Waals surface area (Å²) in [4.78, 5) is 28.6. The van der Waals surface area contributed by atoms with Crippen molar-refractivity contribution in [2.24, 2.45) is 0 Å². The number of likely N-dealkylation sites (tertiary alicyclic amines) is 1. The molecular formula is C21H30N2O4. The minimum absolute atomic E-state index is 0.0225. The number of ether oxygens (including phenoxy) is 2. The van der Waals surface area contributed by atoms with E-state index in [9.17, 15) is 9.59 Å². The summed E-state index contributed by atoms with van der Waals surface area (Å²) in [6.45, 7) is 2.89. The lowest BCUT2D eigenvalue weighted by atomic mass is 10.1. The number of rotatable bonds is 8. The molecule has 2 amide bonds. The minimum Gasteiger partial charge on any atom is -0.497 e. The van der Waals surface area contributed by atoms with Crippen LogP contribution in [0.2, 0.25) is 0 Å². The Hall–Kier alpha value is -2.08. The van der Waals surface area contributed by atoms with Crippen molar-refractivity contribution >= 4 is 11.8 Å². The van der Waals surface area contributed by atoms with Crippen LogP contribution in [0.1, 0.15) is 37.7 Å². The van der Waals surface area contributed by atoms with Crippen LogP contribution in [0.3, 0.4) is 0 Å². The van der Waals surface area contributed by atoms with Gasteiger partial charge < -0.3 is 19.3 Å². The molecule has 148 valence electrons. The molecule has 1 atom stereocenters. The summed E-state index contributed by atoms with van der Waals surface area (Å²) in [6, 6.07) is 7.94. The molecule has 2 aliphatic rings. The first kappa shape index (κ1) is 19.7. The lowest BCUT2D eigenvalue weighted by molar-refractivity contribution is -0.142. The molecule has 0 aliphatic carbocycles. The van der Waals surface area contributed by atoms with E-state index in [4.69, 9.17) is 9.47 Å². The molecule has 0 aromatic heterocycles. The number of hydrogen-bond acceptors (Lipinski definition) is 4. The Balaban J connectivity index is 1.59. The molecule has 0 unspecified atom stereocenters. The van der Waals surface area contributed by atoms with Crippen molar-refractivity contribution < 1.29 is 19.1 Å². The number of carbonyl (C=O) groups is 2. The van der Waals surface area contributed by atoms with Crippen LogP contribution < -0.4 is 4.74 Å². The smallest absolute Gasteiger partial charge is 0.242 e. The zero-order chi connectivity index (χ0) is 19.1. The van der Waals surface area contributed by atoms with Crippen molar-refractivity contribution in [1.82, 2.24) is 9.80 Å². The lowest BCUT2D eigenvalue weighted by Gasteiger charge is -2.31.